The van der Waals surface area contributed by atoms with Crippen molar-refractivity contribution in [2.75, 3.05) is 75.5 Å². The highest BCUT2D eigenvalue weighted by atomic mass is 32.2. The van der Waals surface area contributed by atoms with E-state index in [1.807, 2.05) is 0 Å². The second-order valence-electron chi connectivity index (χ2n) is 8.77. The fourth-order valence-electron chi connectivity index (χ4n) is 3.43. The first kappa shape index (κ1) is 27.2. The molecule has 0 saturated carbocycles. The normalized spacial score (nSPS) is 24.0. The lowest BCUT2D eigenvalue weighted by Crippen LogP contribution is -2.43. The van der Waals surface area contributed by atoms with Gasteiger partial charge in [0, 0.05) is 68.9 Å². The van der Waals surface area contributed by atoms with Gasteiger partial charge < -0.3 is 4.74 Å². The van der Waals surface area contributed by atoms with Gasteiger partial charge in [-0.15, -0.1) is 0 Å². The van der Waals surface area contributed by atoms with Crippen LogP contribution >= 0.6 is 11.8 Å². The highest BCUT2D eigenvalue weighted by Gasteiger charge is 2.22. The quantitative estimate of drug-likeness (QED) is 0.652. The van der Waals surface area contributed by atoms with Gasteiger partial charge in [-0.1, -0.05) is 0 Å². The Morgan fingerprint density at radius 1 is 0.655 bits per heavy atom. The molecule has 174 valence electrons. The highest BCUT2D eigenvalue weighted by Crippen LogP contribution is 2.11. The minimum atomic E-state index is -2.69. The molecule has 0 bridgehead atoms. The van der Waals surface area contributed by atoms with Gasteiger partial charge >= 0.3 is 0 Å². The van der Waals surface area contributed by atoms with Crippen LogP contribution in [-0.4, -0.2) is 117 Å². The van der Waals surface area contributed by atoms with E-state index in [4.69, 9.17) is 4.74 Å². The molecule has 0 aromatic rings. The molecule has 3 rings (SSSR count). The Morgan fingerprint density at radius 2 is 1.03 bits per heavy atom. The van der Waals surface area contributed by atoms with Crippen LogP contribution in [0.5, 0.6) is 0 Å². The van der Waals surface area contributed by atoms with Crippen LogP contribution in [0.1, 0.15) is 41.5 Å². The molecule has 3 aliphatic heterocycles. The van der Waals surface area contributed by atoms with Gasteiger partial charge in [0.2, 0.25) is 0 Å². The first-order valence-electron chi connectivity index (χ1n) is 11.2. The van der Waals surface area contributed by atoms with Crippen LogP contribution in [0.25, 0.3) is 0 Å². The molecule has 8 heteroatoms. The Balaban J connectivity index is 0.000000219. The fraction of sp³-hybridized carbons (Fsp3) is 1.00. The maximum atomic E-state index is 11.0. The van der Waals surface area contributed by atoms with E-state index >= 15 is 0 Å². The molecule has 3 saturated heterocycles. The number of nitrogens with zero attached hydrogens (tertiary/aromatic N) is 3. The van der Waals surface area contributed by atoms with Crippen molar-refractivity contribution in [1.29, 1.82) is 0 Å². The predicted molar refractivity (Wildman–Crippen MR) is 127 cm³/mol. The van der Waals surface area contributed by atoms with Crippen molar-refractivity contribution in [1.82, 2.24) is 14.7 Å². The molecule has 0 aromatic carbocycles. The van der Waals surface area contributed by atoms with Crippen molar-refractivity contribution in [3.8, 4) is 0 Å². The second kappa shape index (κ2) is 14.2. The van der Waals surface area contributed by atoms with Gasteiger partial charge in [0.05, 0.1) is 24.7 Å². The van der Waals surface area contributed by atoms with Crippen LogP contribution in [0, 0.1) is 0 Å². The molecule has 0 amide bonds. The van der Waals surface area contributed by atoms with Gasteiger partial charge in [-0.2, -0.15) is 11.8 Å². The second-order valence-corrected chi connectivity index (χ2v) is 12.3. The number of hydrogen-bond acceptors (Lipinski definition) is 7. The summed E-state index contributed by atoms with van der Waals surface area (Å²) in [5.41, 5.74) is 0. The minimum Gasteiger partial charge on any atom is -0.379 e. The number of hydrogen-bond donors (Lipinski definition) is 0. The molecule has 0 aliphatic carbocycles. The lowest BCUT2D eigenvalue weighted by Gasteiger charge is -2.29. The van der Waals surface area contributed by atoms with Gasteiger partial charge in [-0.05, 0) is 41.5 Å². The van der Waals surface area contributed by atoms with Gasteiger partial charge in [0.1, 0.15) is 0 Å². The first-order chi connectivity index (χ1) is 13.6. The average Bonchev–Trinajstić information content (AvgIpc) is 2.70. The highest BCUT2D eigenvalue weighted by molar-refractivity contribution is 7.99. The smallest absolute Gasteiger partial charge is 0.152 e. The number of rotatable bonds is 3. The van der Waals surface area contributed by atoms with Crippen LogP contribution < -0.4 is 0 Å². The van der Waals surface area contributed by atoms with Crippen molar-refractivity contribution in [3.63, 3.8) is 0 Å². The number of morpholine rings is 1. The summed E-state index contributed by atoms with van der Waals surface area (Å²) < 4.78 is 27.2. The molecule has 0 N–H and O–H groups in total. The molecule has 0 aromatic heterocycles. The summed E-state index contributed by atoms with van der Waals surface area (Å²) in [6.45, 7) is 21.2. The zero-order valence-electron chi connectivity index (χ0n) is 19.6. The van der Waals surface area contributed by atoms with E-state index in [0.717, 1.165) is 32.3 Å². The topological polar surface area (TPSA) is 53.1 Å². The molecule has 0 unspecified atom stereocenters. The third-order valence-electron chi connectivity index (χ3n) is 5.66. The number of sulfone groups is 1. The average molecular weight is 452 g/mol. The van der Waals surface area contributed by atoms with Gasteiger partial charge in [0.15, 0.2) is 9.84 Å². The van der Waals surface area contributed by atoms with E-state index in [1.54, 1.807) is 0 Å². The van der Waals surface area contributed by atoms with E-state index in [9.17, 15) is 8.42 Å². The Morgan fingerprint density at radius 3 is 1.38 bits per heavy atom. The summed E-state index contributed by atoms with van der Waals surface area (Å²) in [7, 11) is -2.69. The maximum Gasteiger partial charge on any atom is 0.152 e. The lowest BCUT2D eigenvalue weighted by molar-refractivity contribution is 0.0238. The van der Waals surface area contributed by atoms with E-state index in [0.29, 0.717) is 36.7 Å². The summed E-state index contributed by atoms with van der Waals surface area (Å²) in [5.74, 6) is 3.34. The molecule has 0 atom stereocenters. The van der Waals surface area contributed by atoms with E-state index < -0.39 is 9.84 Å². The molecule has 3 heterocycles. The van der Waals surface area contributed by atoms with Crippen molar-refractivity contribution < 1.29 is 13.2 Å². The third-order valence-corrected chi connectivity index (χ3v) is 8.21. The van der Waals surface area contributed by atoms with Crippen molar-refractivity contribution in [2.45, 2.75) is 59.7 Å². The monoisotopic (exact) mass is 451 g/mol. The molecule has 3 fully saturated rings. The van der Waals surface area contributed by atoms with Crippen LogP contribution in [0.4, 0.5) is 0 Å². The lowest BCUT2D eigenvalue weighted by atomic mass is 10.3. The third kappa shape index (κ3) is 11.9. The summed E-state index contributed by atoms with van der Waals surface area (Å²) in [4.78, 5) is 7.17. The molecule has 6 nitrogen and oxygen atoms in total. The molecule has 29 heavy (non-hydrogen) atoms. The van der Waals surface area contributed by atoms with Crippen molar-refractivity contribution in [2.24, 2.45) is 0 Å². The summed E-state index contributed by atoms with van der Waals surface area (Å²) in [6, 6.07) is 1.92. The minimum absolute atomic E-state index is 0.338. The molecular weight excluding hydrogens is 406 g/mol. The molecule has 0 radical (unpaired) electrons. The van der Waals surface area contributed by atoms with Crippen LogP contribution in [-0.2, 0) is 14.6 Å². The Kier molecular flexibility index (Phi) is 13.4. The molecule has 0 spiro atoms. The zero-order chi connectivity index (χ0) is 21.9. The largest absolute Gasteiger partial charge is 0.379 e. The summed E-state index contributed by atoms with van der Waals surface area (Å²) >= 11 is 2.07. The van der Waals surface area contributed by atoms with Crippen LogP contribution in [0.3, 0.4) is 0 Å². The first-order valence-corrected chi connectivity index (χ1v) is 14.2. The fourth-order valence-corrected chi connectivity index (χ4v) is 5.59. The Bertz CT molecular complexity index is 479. The maximum absolute atomic E-state index is 11.0. The molecule has 3 aliphatic rings. The van der Waals surface area contributed by atoms with Crippen LogP contribution in [0.2, 0.25) is 0 Å². The SMILES string of the molecule is CC(C)N1CCOCC1.CC(C)N1CCS(=O)(=O)CC1.CC(C)N1CCSCC1. The van der Waals surface area contributed by atoms with Gasteiger partial charge in [-0.3, -0.25) is 14.7 Å². The zero-order valence-corrected chi connectivity index (χ0v) is 21.2. The predicted octanol–water partition coefficient (Wildman–Crippen LogP) is 2.30. The molecular formula is C21H45N3O3S2. The standard InChI is InChI=1S/C7H15NO2S.C7H15NO.C7H15NS/c1-7(2)8-3-5-11(9,10)6-4-8;2*1-7(2)8-3-5-9-6-4-8/h7H,3-6H2,1-2H3;2*7H,3-6H2,1-2H3. The number of thioether (sulfide) groups is 1. The van der Waals surface area contributed by atoms with Crippen LogP contribution in [0.15, 0.2) is 0 Å². The van der Waals surface area contributed by atoms with Gasteiger partial charge in [-0.25, -0.2) is 8.42 Å². The number of ether oxygens (including phenoxy) is 1. The summed E-state index contributed by atoms with van der Waals surface area (Å²) in [6.07, 6.45) is 0. The van der Waals surface area contributed by atoms with E-state index in [1.165, 1.54) is 24.6 Å². The Labute approximate surface area is 184 Å². The Hall–Kier alpha value is 0.140. The van der Waals surface area contributed by atoms with E-state index in [2.05, 4.69) is 68.0 Å². The summed E-state index contributed by atoms with van der Waals surface area (Å²) in [5, 5.41) is 0. The van der Waals surface area contributed by atoms with E-state index in [-0.39, 0.29) is 0 Å². The van der Waals surface area contributed by atoms with Crippen molar-refractivity contribution in [3.05, 3.63) is 0 Å². The van der Waals surface area contributed by atoms with Gasteiger partial charge in [0.25, 0.3) is 0 Å². The van der Waals surface area contributed by atoms with Crippen molar-refractivity contribution >= 4 is 21.6 Å².